The van der Waals surface area contributed by atoms with E-state index in [1.807, 2.05) is 6.26 Å². The molecule has 0 spiro atoms. The zero-order chi connectivity index (χ0) is 11.4. The fourth-order valence-corrected chi connectivity index (χ4v) is 1.93. The summed E-state index contributed by atoms with van der Waals surface area (Å²) in [6.07, 6.45) is 2.23. The summed E-state index contributed by atoms with van der Waals surface area (Å²) in [4.78, 5) is 11.6. The smallest absolute Gasteiger partial charge is 0.166 e. The summed E-state index contributed by atoms with van der Waals surface area (Å²) in [7, 11) is 0. The molecule has 0 aromatic heterocycles. The van der Waals surface area contributed by atoms with Gasteiger partial charge in [0.05, 0.1) is 10.6 Å². The molecule has 82 valence electrons. The molecule has 0 aliphatic rings. The third-order valence-corrected chi connectivity index (χ3v) is 3.74. The van der Waals surface area contributed by atoms with Crippen LogP contribution in [0.15, 0.2) is 16.6 Å². The molecule has 0 saturated heterocycles. The molecule has 0 N–H and O–H groups in total. The second kappa shape index (κ2) is 5.87. The van der Waals surface area contributed by atoms with E-state index in [1.165, 1.54) is 6.07 Å². The Kier molecular flexibility index (Phi) is 5.09. The molecule has 0 atom stereocenters. The predicted octanol–water partition coefficient (Wildman–Crippen LogP) is 4.18. The normalized spacial score (nSPS) is 10.4. The zero-order valence-electron chi connectivity index (χ0n) is 8.02. The molecular weight excluding hydrogens is 303 g/mol. The number of halogens is 3. The van der Waals surface area contributed by atoms with Crippen molar-refractivity contribution in [3.63, 3.8) is 0 Å². The first-order chi connectivity index (χ1) is 7.07. The molecule has 15 heavy (non-hydrogen) atoms. The highest BCUT2D eigenvalue weighted by Gasteiger charge is 2.15. The lowest BCUT2D eigenvalue weighted by Gasteiger charge is -2.04. The number of ketones is 1. The van der Waals surface area contributed by atoms with E-state index in [0.717, 1.165) is 0 Å². The van der Waals surface area contributed by atoms with Gasteiger partial charge in [-0.15, -0.1) is 0 Å². The van der Waals surface area contributed by atoms with Crippen LogP contribution in [0.3, 0.4) is 0 Å². The predicted molar refractivity (Wildman–Crippen MR) is 66.4 cm³/mol. The number of hydrogen-bond acceptors (Lipinski definition) is 2. The Labute approximate surface area is 106 Å². The molecule has 0 saturated carbocycles. The Hall–Kier alpha value is -0.0600. The van der Waals surface area contributed by atoms with Gasteiger partial charge >= 0.3 is 0 Å². The standard InChI is InChI=1S/C10H9BrClFOS/c1-15-5-4-8(14)6-2-3-7(11)9(12)10(6)13/h2-3H,4-5H2,1H3. The Morgan fingerprint density at radius 3 is 2.87 bits per heavy atom. The highest BCUT2D eigenvalue weighted by molar-refractivity contribution is 9.10. The van der Waals surface area contributed by atoms with Crippen molar-refractivity contribution in [1.29, 1.82) is 0 Å². The lowest BCUT2D eigenvalue weighted by molar-refractivity contribution is 0.0985. The van der Waals surface area contributed by atoms with Gasteiger partial charge in [0.25, 0.3) is 0 Å². The monoisotopic (exact) mass is 310 g/mol. The van der Waals surface area contributed by atoms with Crippen LogP contribution in [0, 0.1) is 5.82 Å². The highest BCUT2D eigenvalue weighted by Crippen LogP contribution is 2.28. The minimum absolute atomic E-state index is 0.0370. The molecule has 0 fully saturated rings. The molecule has 0 aliphatic heterocycles. The van der Waals surface area contributed by atoms with Crippen LogP contribution in [-0.2, 0) is 0 Å². The highest BCUT2D eigenvalue weighted by atomic mass is 79.9. The van der Waals surface area contributed by atoms with Gasteiger partial charge in [0.2, 0.25) is 0 Å². The minimum Gasteiger partial charge on any atom is -0.294 e. The van der Waals surface area contributed by atoms with Gasteiger partial charge in [0.1, 0.15) is 0 Å². The maximum atomic E-state index is 13.6. The summed E-state index contributed by atoms with van der Waals surface area (Å²) in [5.74, 6) is -0.167. The van der Waals surface area contributed by atoms with Crippen LogP contribution in [0.4, 0.5) is 4.39 Å². The van der Waals surface area contributed by atoms with Crippen molar-refractivity contribution in [3.8, 4) is 0 Å². The van der Waals surface area contributed by atoms with Crippen molar-refractivity contribution >= 4 is 45.1 Å². The molecule has 0 amide bonds. The van der Waals surface area contributed by atoms with Crippen LogP contribution in [0.1, 0.15) is 16.8 Å². The summed E-state index contributed by atoms with van der Waals surface area (Å²) >= 11 is 10.3. The van der Waals surface area contributed by atoms with Crippen LogP contribution in [-0.4, -0.2) is 17.8 Å². The van der Waals surface area contributed by atoms with Crippen LogP contribution < -0.4 is 0 Å². The average molecular weight is 312 g/mol. The van der Waals surface area contributed by atoms with Gasteiger partial charge in [0, 0.05) is 16.6 Å². The first-order valence-electron chi connectivity index (χ1n) is 4.23. The summed E-state index contributed by atoms with van der Waals surface area (Å²) in [5, 5.41) is -0.0370. The molecule has 1 nitrogen and oxygen atoms in total. The van der Waals surface area contributed by atoms with Gasteiger partial charge in [-0.3, -0.25) is 4.79 Å². The Balaban J connectivity index is 2.95. The first-order valence-corrected chi connectivity index (χ1v) is 6.80. The van der Waals surface area contributed by atoms with Gasteiger partial charge in [0.15, 0.2) is 11.6 Å². The number of Topliss-reactive ketones (excluding diaryl/α,β-unsaturated/α-hetero) is 1. The zero-order valence-corrected chi connectivity index (χ0v) is 11.2. The van der Waals surface area contributed by atoms with Crippen molar-refractivity contribution in [2.45, 2.75) is 6.42 Å². The minimum atomic E-state index is -0.642. The topological polar surface area (TPSA) is 17.1 Å². The van der Waals surface area contributed by atoms with Gasteiger partial charge < -0.3 is 0 Å². The third-order valence-electron chi connectivity index (χ3n) is 1.87. The molecule has 0 unspecified atom stereocenters. The quantitative estimate of drug-likeness (QED) is 0.613. The van der Waals surface area contributed by atoms with Crippen molar-refractivity contribution in [2.75, 3.05) is 12.0 Å². The average Bonchev–Trinajstić information content (AvgIpc) is 2.23. The van der Waals surface area contributed by atoms with E-state index >= 15 is 0 Å². The Morgan fingerprint density at radius 1 is 1.60 bits per heavy atom. The second-order valence-corrected chi connectivity index (χ2v) is 5.11. The van der Waals surface area contributed by atoms with E-state index in [9.17, 15) is 9.18 Å². The maximum absolute atomic E-state index is 13.6. The SMILES string of the molecule is CSCCC(=O)c1ccc(Br)c(Cl)c1F. The summed E-state index contributed by atoms with van der Waals surface area (Å²) in [6, 6.07) is 3.03. The fourth-order valence-electron chi connectivity index (χ4n) is 1.07. The number of hydrogen-bond donors (Lipinski definition) is 0. The van der Waals surface area contributed by atoms with Gasteiger partial charge in [-0.25, -0.2) is 4.39 Å². The number of thioether (sulfide) groups is 1. The Bertz CT molecular complexity index is 384. The maximum Gasteiger partial charge on any atom is 0.166 e. The van der Waals surface area contributed by atoms with E-state index < -0.39 is 5.82 Å². The van der Waals surface area contributed by atoms with Crippen LogP contribution in [0.2, 0.25) is 5.02 Å². The van der Waals surface area contributed by atoms with Crippen molar-refractivity contribution in [1.82, 2.24) is 0 Å². The molecule has 1 aromatic rings. The molecule has 1 rings (SSSR count). The van der Waals surface area contributed by atoms with Gasteiger partial charge in [-0.1, -0.05) is 11.6 Å². The lowest BCUT2D eigenvalue weighted by Crippen LogP contribution is -2.04. The third kappa shape index (κ3) is 3.20. The van der Waals surface area contributed by atoms with Crippen molar-refractivity contribution in [3.05, 3.63) is 33.0 Å². The molecule has 1 aromatic carbocycles. The van der Waals surface area contributed by atoms with Crippen LogP contribution in [0.25, 0.3) is 0 Å². The molecule has 0 heterocycles. The molecular formula is C10H9BrClFOS. The number of carbonyl (C=O) groups is 1. The number of carbonyl (C=O) groups excluding carboxylic acids is 1. The Morgan fingerprint density at radius 2 is 2.27 bits per heavy atom. The van der Waals surface area contributed by atoms with Gasteiger partial charge in [-0.05, 0) is 34.3 Å². The largest absolute Gasteiger partial charge is 0.294 e. The number of rotatable bonds is 4. The first kappa shape index (κ1) is 13.0. The summed E-state index contributed by atoms with van der Waals surface area (Å²) in [5.41, 5.74) is 0.0669. The molecule has 0 aliphatic carbocycles. The van der Waals surface area contributed by atoms with E-state index in [2.05, 4.69) is 15.9 Å². The number of benzene rings is 1. The van der Waals surface area contributed by atoms with Crippen LogP contribution >= 0.6 is 39.3 Å². The van der Waals surface area contributed by atoms with Crippen LogP contribution in [0.5, 0.6) is 0 Å². The molecule has 5 heteroatoms. The van der Waals surface area contributed by atoms with Gasteiger partial charge in [-0.2, -0.15) is 11.8 Å². The molecule has 0 bridgehead atoms. The summed E-state index contributed by atoms with van der Waals surface area (Å²) in [6.45, 7) is 0. The van der Waals surface area contributed by atoms with E-state index in [-0.39, 0.29) is 16.4 Å². The van der Waals surface area contributed by atoms with E-state index in [4.69, 9.17) is 11.6 Å². The van der Waals surface area contributed by atoms with E-state index in [1.54, 1.807) is 17.8 Å². The second-order valence-electron chi connectivity index (χ2n) is 2.89. The van der Waals surface area contributed by atoms with E-state index in [0.29, 0.717) is 16.6 Å². The molecule has 0 radical (unpaired) electrons. The summed E-state index contributed by atoms with van der Waals surface area (Å²) < 4.78 is 14.0. The lowest BCUT2D eigenvalue weighted by atomic mass is 10.1. The fraction of sp³-hybridized carbons (Fsp3) is 0.300. The van der Waals surface area contributed by atoms with Crippen molar-refractivity contribution in [2.24, 2.45) is 0 Å². The van der Waals surface area contributed by atoms with Crippen molar-refractivity contribution < 1.29 is 9.18 Å².